The van der Waals surface area contributed by atoms with Gasteiger partial charge in [0.2, 0.25) is 5.88 Å². The molecule has 18 heavy (non-hydrogen) atoms. The third kappa shape index (κ3) is 3.17. The van der Waals surface area contributed by atoms with Gasteiger partial charge in [-0.15, -0.1) is 0 Å². The van der Waals surface area contributed by atoms with E-state index in [2.05, 4.69) is 24.0 Å². The van der Waals surface area contributed by atoms with Gasteiger partial charge in [0.15, 0.2) is 6.29 Å². The number of hydrogen-bond acceptors (Lipinski definition) is 3. The first-order chi connectivity index (χ1) is 8.81. The Balaban J connectivity index is 2.05. The van der Waals surface area contributed by atoms with E-state index in [0.29, 0.717) is 11.4 Å². The summed E-state index contributed by atoms with van der Waals surface area (Å²) in [5.74, 6) is 1.24. The quantitative estimate of drug-likeness (QED) is 0.750. The maximum absolute atomic E-state index is 10.5. The largest absolute Gasteiger partial charge is 0.439 e. The molecule has 3 nitrogen and oxygen atoms in total. The summed E-state index contributed by atoms with van der Waals surface area (Å²) >= 11 is 0. The van der Waals surface area contributed by atoms with Crippen LogP contribution >= 0.6 is 0 Å². The molecule has 0 radical (unpaired) electrons. The number of aromatic nitrogens is 1. The maximum atomic E-state index is 10.5. The second kappa shape index (κ2) is 5.96. The average molecular weight is 241 g/mol. The van der Waals surface area contributed by atoms with Gasteiger partial charge in [-0.25, -0.2) is 4.98 Å². The van der Waals surface area contributed by atoms with Crippen LogP contribution in [0.3, 0.4) is 0 Å². The molecule has 0 bridgehead atoms. The molecule has 0 saturated heterocycles. The maximum Gasteiger partial charge on any atom is 0.219 e. The van der Waals surface area contributed by atoms with Gasteiger partial charge in [-0.1, -0.05) is 25.5 Å². The molecule has 1 aromatic carbocycles. The van der Waals surface area contributed by atoms with Crippen molar-refractivity contribution in [1.29, 1.82) is 0 Å². The van der Waals surface area contributed by atoms with Crippen LogP contribution in [0.15, 0.2) is 42.6 Å². The minimum Gasteiger partial charge on any atom is -0.439 e. The van der Waals surface area contributed by atoms with Crippen molar-refractivity contribution in [3.05, 3.63) is 53.7 Å². The Kier molecular flexibility index (Phi) is 4.07. The normalized spacial score (nSPS) is 10.1. The number of rotatable bonds is 5. The molecule has 0 N–H and O–H groups in total. The lowest BCUT2D eigenvalue weighted by Gasteiger charge is -2.05. The number of benzene rings is 1. The molecular weight excluding hydrogens is 226 g/mol. The number of aldehydes is 1. The summed E-state index contributed by atoms with van der Waals surface area (Å²) in [5.41, 5.74) is 1.84. The number of carbonyl (C=O) groups excluding carboxylic acids is 1. The number of nitrogens with zero attached hydrogens (tertiary/aromatic N) is 1. The predicted octanol–water partition coefficient (Wildman–Crippen LogP) is 3.64. The summed E-state index contributed by atoms with van der Waals surface area (Å²) in [5, 5.41) is 0. The molecule has 0 aliphatic carbocycles. The van der Waals surface area contributed by atoms with Gasteiger partial charge in [-0.05, 0) is 30.2 Å². The Morgan fingerprint density at radius 2 is 1.94 bits per heavy atom. The summed E-state index contributed by atoms with van der Waals surface area (Å²) in [7, 11) is 0. The first-order valence-corrected chi connectivity index (χ1v) is 6.00. The molecule has 1 heterocycles. The van der Waals surface area contributed by atoms with E-state index in [1.807, 2.05) is 12.1 Å². The zero-order valence-electron chi connectivity index (χ0n) is 10.3. The summed E-state index contributed by atoms with van der Waals surface area (Å²) < 4.78 is 5.58. The van der Waals surface area contributed by atoms with E-state index in [1.54, 1.807) is 12.1 Å². The Labute approximate surface area is 106 Å². The van der Waals surface area contributed by atoms with Gasteiger partial charge in [0.1, 0.15) is 5.75 Å². The van der Waals surface area contributed by atoms with Crippen molar-refractivity contribution in [2.24, 2.45) is 0 Å². The first-order valence-electron chi connectivity index (χ1n) is 6.00. The average Bonchev–Trinajstić information content (AvgIpc) is 2.42. The standard InChI is InChI=1S/C15H15NO2/c1-2-3-12-4-7-14(8-5-12)18-15-9-6-13(11-17)10-16-15/h4-11H,2-3H2,1H3. The molecule has 0 saturated carbocycles. The Morgan fingerprint density at radius 3 is 2.50 bits per heavy atom. The second-order valence-electron chi connectivity index (χ2n) is 4.04. The van der Waals surface area contributed by atoms with E-state index in [0.717, 1.165) is 24.9 Å². The molecule has 2 rings (SSSR count). The molecule has 0 amide bonds. The summed E-state index contributed by atoms with van der Waals surface area (Å²) in [6.45, 7) is 2.16. The second-order valence-corrected chi connectivity index (χ2v) is 4.04. The number of hydrogen-bond donors (Lipinski definition) is 0. The topological polar surface area (TPSA) is 39.2 Å². The van der Waals surface area contributed by atoms with Crippen molar-refractivity contribution in [3.63, 3.8) is 0 Å². The van der Waals surface area contributed by atoms with Gasteiger partial charge in [0.05, 0.1) is 0 Å². The smallest absolute Gasteiger partial charge is 0.219 e. The van der Waals surface area contributed by atoms with E-state index in [-0.39, 0.29) is 0 Å². The lowest BCUT2D eigenvalue weighted by molar-refractivity contribution is 0.112. The van der Waals surface area contributed by atoms with Gasteiger partial charge >= 0.3 is 0 Å². The highest BCUT2D eigenvalue weighted by Crippen LogP contribution is 2.20. The molecule has 0 fully saturated rings. The number of pyridine rings is 1. The SMILES string of the molecule is CCCc1ccc(Oc2ccc(C=O)cn2)cc1. The zero-order chi connectivity index (χ0) is 12.8. The first kappa shape index (κ1) is 12.3. The van der Waals surface area contributed by atoms with Crippen molar-refractivity contribution in [2.45, 2.75) is 19.8 Å². The highest BCUT2D eigenvalue weighted by atomic mass is 16.5. The molecule has 0 aliphatic heterocycles. The van der Waals surface area contributed by atoms with Crippen molar-refractivity contribution in [3.8, 4) is 11.6 Å². The van der Waals surface area contributed by atoms with Crippen molar-refractivity contribution in [2.75, 3.05) is 0 Å². The minimum absolute atomic E-state index is 0.490. The van der Waals surface area contributed by atoms with E-state index in [9.17, 15) is 4.79 Å². The molecular formula is C15H15NO2. The van der Waals surface area contributed by atoms with Crippen LogP contribution in [0, 0.1) is 0 Å². The van der Waals surface area contributed by atoms with Gasteiger partial charge in [-0.3, -0.25) is 4.79 Å². The van der Waals surface area contributed by atoms with Crippen LogP contribution in [-0.4, -0.2) is 11.3 Å². The molecule has 2 aromatic rings. The van der Waals surface area contributed by atoms with E-state index in [4.69, 9.17) is 4.74 Å². The fraction of sp³-hybridized carbons (Fsp3) is 0.200. The third-order valence-corrected chi connectivity index (χ3v) is 2.58. The van der Waals surface area contributed by atoms with Gasteiger partial charge < -0.3 is 4.74 Å². The molecule has 0 unspecified atom stereocenters. The van der Waals surface area contributed by atoms with Crippen LogP contribution in [0.2, 0.25) is 0 Å². The summed E-state index contributed by atoms with van der Waals surface area (Å²) in [4.78, 5) is 14.5. The molecule has 1 aromatic heterocycles. The zero-order valence-corrected chi connectivity index (χ0v) is 10.3. The summed E-state index contributed by atoms with van der Waals surface area (Å²) in [6, 6.07) is 11.3. The van der Waals surface area contributed by atoms with E-state index >= 15 is 0 Å². The van der Waals surface area contributed by atoms with Gasteiger partial charge in [0.25, 0.3) is 0 Å². The van der Waals surface area contributed by atoms with Crippen LogP contribution in [0.1, 0.15) is 29.3 Å². The van der Waals surface area contributed by atoms with Gasteiger partial charge in [-0.2, -0.15) is 0 Å². The van der Waals surface area contributed by atoms with E-state index in [1.165, 1.54) is 11.8 Å². The summed E-state index contributed by atoms with van der Waals surface area (Å²) in [6.07, 6.45) is 4.46. The molecule has 0 spiro atoms. The molecule has 92 valence electrons. The molecule has 0 atom stereocenters. The van der Waals surface area contributed by atoms with Crippen LogP contribution < -0.4 is 4.74 Å². The van der Waals surface area contributed by atoms with Crippen LogP contribution in [-0.2, 0) is 6.42 Å². The minimum atomic E-state index is 0.490. The fourth-order valence-corrected chi connectivity index (χ4v) is 1.66. The van der Waals surface area contributed by atoms with Crippen LogP contribution in [0.25, 0.3) is 0 Å². The Bertz CT molecular complexity index is 503. The van der Waals surface area contributed by atoms with Crippen molar-refractivity contribution < 1.29 is 9.53 Å². The number of carbonyl (C=O) groups is 1. The molecule has 3 heteroatoms. The van der Waals surface area contributed by atoms with Crippen LogP contribution in [0.5, 0.6) is 11.6 Å². The highest BCUT2D eigenvalue weighted by Gasteiger charge is 1.99. The van der Waals surface area contributed by atoms with Crippen LogP contribution in [0.4, 0.5) is 0 Å². The lowest BCUT2D eigenvalue weighted by Crippen LogP contribution is -1.90. The van der Waals surface area contributed by atoms with Crippen molar-refractivity contribution >= 4 is 6.29 Å². The lowest BCUT2D eigenvalue weighted by atomic mass is 10.1. The predicted molar refractivity (Wildman–Crippen MR) is 70.1 cm³/mol. The third-order valence-electron chi connectivity index (χ3n) is 2.58. The fourth-order valence-electron chi connectivity index (χ4n) is 1.66. The number of aryl methyl sites for hydroxylation is 1. The van der Waals surface area contributed by atoms with Crippen molar-refractivity contribution in [1.82, 2.24) is 4.98 Å². The number of ether oxygens (including phenoxy) is 1. The van der Waals surface area contributed by atoms with E-state index < -0.39 is 0 Å². The molecule has 0 aliphatic rings. The van der Waals surface area contributed by atoms with Gasteiger partial charge in [0, 0.05) is 17.8 Å². The highest BCUT2D eigenvalue weighted by molar-refractivity contribution is 5.74. The Morgan fingerprint density at radius 1 is 1.17 bits per heavy atom. The Hall–Kier alpha value is -2.16. The monoisotopic (exact) mass is 241 g/mol.